The fraction of sp³-hybridized carbons (Fsp3) is 0.609. The van der Waals surface area contributed by atoms with Crippen LogP contribution >= 0.6 is 0 Å². The van der Waals surface area contributed by atoms with E-state index in [9.17, 15) is 9.59 Å². The molecule has 0 radical (unpaired) electrons. The Balaban J connectivity index is 1.43. The summed E-state index contributed by atoms with van der Waals surface area (Å²) in [4.78, 5) is 27.5. The molecule has 3 N–H and O–H groups in total. The lowest BCUT2D eigenvalue weighted by atomic mass is 9.95. The fourth-order valence-electron chi connectivity index (χ4n) is 4.18. The van der Waals surface area contributed by atoms with Crippen molar-refractivity contribution in [1.82, 2.24) is 14.9 Å². The van der Waals surface area contributed by atoms with Crippen LogP contribution in [0.5, 0.6) is 11.8 Å². The van der Waals surface area contributed by atoms with E-state index in [4.69, 9.17) is 19.9 Å². The second-order valence-electron chi connectivity index (χ2n) is 9.02. The number of nitrogens with one attached hydrogen (secondary N) is 1. The number of aryl methyl sites for hydroxylation is 1. The van der Waals surface area contributed by atoms with Gasteiger partial charge in [-0.3, -0.25) is 14.2 Å². The zero-order chi connectivity index (χ0) is 23.7. The molecule has 10 heteroatoms. The van der Waals surface area contributed by atoms with Crippen molar-refractivity contribution in [2.24, 2.45) is 12.8 Å². The predicted octanol–water partition coefficient (Wildman–Crippen LogP) is 2.58. The molecule has 33 heavy (non-hydrogen) atoms. The molecule has 180 valence electrons. The van der Waals surface area contributed by atoms with Crippen LogP contribution in [0.1, 0.15) is 62.7 Å². The number of rotatable bonds is 9. The molecule has 0 bridgehead atoms. The molecule has 2 saturated carbocycles. The van der Waals surface area contributed by atoms with E-state index in [0.29, 0.717) is 6.61 Å². The second-order valence-corrected chi connectivity index (χ2v) is 9.02. The molecule has 2 aliphatic rings. The van der Waals surface area contributed by atoms with Crippen molar-refractivity contribution in [3.8, 4) is 11.8 Å². The number of aromatic nitrogens is 2. The van der Waals surface area contributed by atoms with Crippen LogP contribution in [0.15, 0.2) is 6.07 Å². The number of nitrogens with two attached hydrogens (primary N) is 1. The van der Waals surface area contributed by atoms with Gasteiger partial charge in [0.15, 0.2) is 11.6 Å². The molecule has 2 fully saturated rings. The molecule has 1 heterocycles. The highest BCUT2D eigenvalue weighted by atomic mass is 19.1. The summed E-state index contributed by atoms with van der Waals surface area (Å²) in [6.07, 6.45) is 4.82. The molecule has 0 aliphatic heterocycles. The van der Waals surface area contributed by atoms with E-state index in [0.717, 1.165) is 38.5 Å². The Bertz CT molecular complexity index is 1040. The van der Waals surface area contributed by atoms with Crippen molar-refractivity contribution in [3.63, 3.8) is 0 Å². The largest absolute Gasteiger partial charge is 0.487 e. The SMILES string of the molecule is CC(=O)N[C@@H](C)COC1CCC(Oc2nc3c(C(N)=O)cc(OC4CC4)c(F)c3n2C)CC1. The quantitative estimate of drug-likeness (QED) is 0.592. The van der Waals surface area contributed by atoms with E-state index in [1.807, 2.05) is 6.92 Å². The van der Waals surface area contributed by atoms with Crippen molar-refractivity contribution in [3.05, 3.63) is 17.4 Å². The van der Waals surface area contributed by atoms with E-state index in [2.05, 4.69) is 10.3 Å². The number of amides is 2. The summed E-state index contributed by atoms with van der Waals surface area (Å²) in [6, 6.07) is 1.53. The zero-order valence-electron chi connectivity index (χ0n) is 19.2. The summed E-state index contributed by atoms with van der Waals surface area (Å²) in [5.74, 6) is -1.33. The minimum Gasteiger partial charge on any atom is -0.487 e. The van der Waals surface area contributed by atoms with Gasteiger partial charge in [-0.1, -0.05) is 0 Å². The number of hydrogen-bond acceptors (Lipinski definition) is 6. The van der Waals surface area contributed by atoms with Crippen molar-refractivity contribution in [1.29, 1.82) is 0 Å². The van der Waals surface area contributed by atoms with Gasteiger partial charge in [0.25, 0.3) is 11.9 Å². The molecule has 1 aromatic heterocycles. The molecule has 4 rings (SSSR count). The number of imidazole rings is 1. The number of ether oxygens (including phenoxy) is 3. The third-order valence-electron chi connectivity index (χ3n) is 6.02. The van der Waals surface area contributed by atoms with Crippen molar-refractivity contribution in [2.75, 3.05) is 6.61 Å². The molecular weight excluding hydrogens is 431 g/mol. The maximum Gasteiger partial charge on any atom is 0.297 e. The van der Waals surface area contributed by atoms with Crippen molar-refractivity contribution in [2.45, 2.75) is 76.7 Å². The molecule has 2 amide bonds. The minimum atomic E-state index is -0.698. The Morgan fingerprint density at radius 1 is 1.18 bits per heavy atom. The maximum absolute atomic E-state index is 15.2. The first-order valence-electron chi connectivity index (χ1n) is 11.4. The van der Waals surface area contributed by atoms with Gasteiger partial charge in [0.1, 0.15) is 17.1 Å². The molecule has 9 nitrogen and oxygen atoms in total. The average Bonchev–Trinajstić information content (AvgIpc) is 3.51. The number of carbonyl (C=O) groups excluding carboxylic acids is 2. The van der Waals surface area contributed by atoms with Gasteiger partial charge in [0.2, 0.25) is 5.91 Å². The van der Waals surface area contributed by atoms with Crippen LogP contribution in [0.3, 0.4) is 0 Å². The topological polar surface area (TPSA) is 118 Å². The van der Waals surface area contributed by atoms with Crippen LogP contribution < -0.4 is 20.5 Å². The minimum absolute atomic E-state index is 0.0134. The van der Waals surface area contributed by atoms with Gasteiger partial charge < -0.3 is 25.3 Å². The number of benzene rings is 1. The third-order valence-corrected chi connectivity index (χ3v) is 6.02. The number of fused-ring (bicyclic) bond motifs is 1. The molecule has 1 atom stereocenters. The van der Waals surface area contributed by atoms with Gasteiger partial charge >= 0.3 is 0 Å². The third kappa shape index (κ3) is 5.38. The monoisotopic (exact) mass is 462 g/mol. The molecule has 2 aromatic rings. The summed E-state index contributed by atoms with van der Waals surface area (Å²) in [5, 5.41) is 2.81. The second kappa shape index (κ2) is 9.54. The first-order chi connectivity index (χ1) is 15.7. The molecular formula is C23H31FN4O5. The number of nitrogens with zero attached hydrogens (tertiary/aromatic N) is 2. The Labute approximate surface area is 191 Å². The van der Waals surface area contributed by atoms with Crippen molar-refractivity contribution >= 4 is 22.8 Å². The van der Waals surface area contributed by atoms with Crippen LogP contribution in [0, 0.1) is 5.82 Å². The van der Waals surface area contributed by atoms with Crippen LogP contribution in [-0.4, -0.2) is 52.3 Å². The van der Waals surface area contributed by atoms with E-state index < -0.39 is 11.7 Å². The summed E-state index contributed by atoms with van der Waals surface area (Å²) < 4.78 is 34.4. The standard InChI is InChI=1S/C23H31FN4O5/c1-12(26-13(2)29)11-31-14-4-6-16(7-5-14)33-23-27-20-17(22(25)30)10-18(32-15-8-9-15)19(24)21(20)28(23)3/h10,12,14-16H,4-9,11H2,1-3H3,(H2,25,30)(H,26,29)/t12-,14?,16?/m0/s1. The fourth-order valence-corrected chi connectivity index (χ4v) is 4.18. The number of hydrogen-bond donors (Lipinski definition) is 2. The van der Waals surface area contributed by atoms with Gasteiger partial charge in [-0.05, 0) is 51.5 Å². The highest BCUT2D eigenvalue weighted by Gasteiger charge is 2.30. The number of carbonyl (C=O) groups is 2. The van der Waals surface area contributed by atoms with Gasteiger partial charge in [-0.2, -0.15) is 4.98 Å². The molecule has 0 spiro atoms. The summed E-state index contributed by atoms with van der Waals surface area (Å²) >= 11 is 0. The Morgan fingerprint density at radius 3 is 2.39 bits per heavy atom. The predicted molar refractivity (Wildman–Crippen MR) is 119 cm³/mol. The number of primary amides is 1. The lowest BCUT2D eigenvalue weighted by Gasteiger charge is -2.29. The molecule has 0 saturated heterocycles. The highest BCUT2D eigenvalue weighted by molar-refractivity contribution is 6.05. The Hall–Kier alpha value is -2.88. The smallest absolute Gasteiger partial charge is 0.297 e. The normalized spacial score (nSPS) is 21.6. The van der Waals surface area contributed by atoms with Gasteiger partial charge in [0.05, 0.1) is 24.4 Å². The maximum atomic E-state index is 15.2. The van der Waals surface area contributed by atoms with E-state index >= 15 is 4.39 Å². The summed E-state index contributed by atoms with van der Waals surface area (Å²) in [7, 11) is 1.65. The zero-order valence-corrected chi connectivity index (χ0v) is 19.2. The number of halogens is 1. The lowest BCUT2D eigenvalue weighted by molar-refractivity contribution is -0.120. The van der Waals surface area contributed by atoms with E-state index in [-0.39, 0.29) is 58.6 Å². The molecule has 2 aliphatic carbocycles. The lowest BCUT2D eigenvalue weighted by Crippen LogP contribution is -2.37. The van der Waals surface area contributed by atoms with E-state index in [1.165, 1.54) is 17.6 Å². The first-order valence-corrected chi connectivity index (χ1v) is 11.4. The van der Waals surface area contributed by atoms with Gasteiger partial charge in [0, 0.05) is 20.0 Å². The van der Waals surface area contributed by atoms with Crippen LogP contribution in [0.4, 0.5) is 4.39 Å². The summed E-state index contributed by atoms with van der Waals surface area (Å²) in [6.45, 7) is 3.85. The van der Waals surface area contributed by atoms with Crippen LogP contribution in [0.25, 0.3) is 11.0 Å². The van der Waals surface area contributed by atoms with Crippen LogP contribution in [0.2, 0.25) is 0 Å². The Morgan fingerprint density at radius 2 is 1.79 bits per heavy atom. The van der Waals surface area contributed by atoms with Crippen molar-refractivity contribution < 1.29 is 28.2 Å². The highest BCUT2D eigenvalue weighted by Crippen LogP contribution is 2.36. The Kier molecular flexibility index (Phi) is 6.73. The molecule has 0 unspecified atom stereocenters. The van der Waals surface area contributed by atoms with Crippen LogP contribution in [-0.2, 0) is 16.6 Å². The molecule has 1 aromatic carbocycles. The average molecular weight is 463 g/mol. The summed E-state index contributed by atoms with van der Waals surface area (Å²) in [5.41, 5.74) is 5.96. The van der Waals surface area contributed by atoms with Gasteiger partial charge in [-0.15, -0.1) is 0 Å². The first kappa shape index (κ1) is 23.3. The van der Waals surface area contributed by atoms with Gasteiger partial charge in [-0.25, -0.2) is 4.39 Å². The van der Waals surface area contributed by atoms with E-state index in [1.54, 1.807) is 7.05 Å².